The van der Waals surface area contributed by atoms with E-state index in [1.54, 1.807) is 29.2 Å². The van der Waals surface area contributed by atoms with Gasteiger partial charge in [-0.2, -0.15) is 0 Å². The molecule has 1 fully saturated rings. The topological polar surface area (TPSA) is 81.6 Å². The van der Waals surface area contributed by atoms with Gasteiger partial charge < -0.3 is 21.1 Å². The molecular weight excluding hydrogens is 444 g/mol. The number of morpholine rings is 1. The van der Waals surface area contributed by atoms with Crippen LogP contribution in [-0.2, 0) is 9.53 Å². The summed E-state index contributed by atoms with van der Waals surface area (Å²) in [7, 11) is 0. The van der Waals surface area contributed by atoms with Crippen molar-refractivity contribution in [3.63, 3.8) is 0 Å². The first kappa shape index (κ1) is 21.1. The highest BCUT2D eigenvalue weighted by Crippen LogP contribution is 2.37. The number of nitrogens with two attached hydrogens (primary N) is 2. The van der Waals surface area contributed by atoms with Crippen LogP contribution in [0.3, 0.4) is 0 Å². The van der Waals surface area contributed by atoms with Crippen molar-refractivity contribution in [1.82, 2.24) is 4.90 Å². The molecule has 5 nitrogen and oxygen atoms in total. The van der Waals surface area contributed by atoms with E-state index in [1.807, 2.05) is 0 Å². The van der Waals surface area contributed by atoms with Crippen LogP contribution in [0.1, 0.15) is 11.1 Å². The third-order valence-electron chi connectivity index (χ3n) is 4.37. The van der Waals surface area contributed by atoms with Gasteiger partial charge in [0.1, 0.15) is 0 Å². The number of halogens is 4. The van der Waals surface area contributed by atoms with Crippen molar-refractivity contribution in [2.75, 3.05) is 37.8 Å². The van der Waals surface area contributed by atoms with Gasteiger partial charge in [-0.05, 0) is 41.0 Å². The second-order valence-electron chi connectivity index (χ2n) is 6.20. The number of amides is 1. The maximum atomic E-state index is 12.8. The molecule has 0 spiro atoms. The molecule has 1 heterocycles. The van der Waals surface area contributed by atoms with Crippen LogP contribution in [0.2, 0.25) is 20.1 Å². The second-order valence-corrected chi connectivity index (χ2v) is 7.83. The molecule has 1 aliphatic heterocycles. The zero-order valence-corrected chi connectivity index (χ0v) is 17.7. The number of anilines is 2. The van der Waals surface area contributed by atoms with Gasteiger partial charge in [0.15, 0.2) is 0 Å². The molecule has 148 valence electrons. The number of benzene rings is 2. The van der Waals surface area contributed by atoms with Gasteiger partial charge in [-0.25, -0.2) is 0 Å². The predicted molar refractivity (Wildman–Crippen MR) is 116 cm³/mol. The Morgan fingerprint density at radius 2 is 1.25 bits per heavy atom. The third-order valence-corrected chi connectivity index (χ3v) is 5.62. The average molecular weight is 461 g/mol. The van der Waals surface area contributed by atoms with E-state index in [1.165, 1.54) is 6.08 Å². The van der Waals surface area contributed by atoms with Crippen LogP contribution in [0, 0.1) is 0 Å². The summed E-state index contributed by atoms with van der Waals surface area (Å²) in [6, 6.07) is 6.55. The van der Waals surface area contributed by atoms with Crippen molar-refractivity contribution in [3.8, 4) is 0 Å². The van der Waals surface area contributed by atoms with Crippen LogP contribution in [0.4, 0.5) is 11.4 Å². The van der Waals surface area contributed by atoms with Gasteiger partial charge in [0.05, 0.1) is 44.7 Å². The van der Waals surface area contributed by atoms with Gasteiger partial charge in [0, 0.05) is 19.2 Å². The lowest BCUT2D eigenvalue weighted by molar-refractivity contribution is -0.129. The molecular formula is C19H17Cl4N3O2. The average Bonchev–Trinajstić information content (AvgIpc) is 2.68. The van der Waals surface area contributed by atoms with E-state index in [4.69, 9.17) is 62.6 Å². The fourth-order valence-corrected chi connectivity index (χ4v) is 3.79. The van der Waals surface area contributed by atoms with Gasteiger partial charge in [0.25, 0.3) is 0 Å². The van der Waals surface area contributed by atoms with Crippen LogP contribution in [0.25, 0.3) is 5.57 Å². The Labute approximate surface area is 182 Å². The van der Waals surface area contributed by atoms with Crippen LogP contribution >= 0.6 is 46.4 Å². The number of nitrogen functional groups attached to an aromatic ring is 2. The summed E-state index contributed by atoms with van der Waals surface area (Å²) in [5.41, 5.74) is 14.0. The van der Waals surface area contributed by atoms with Crippen molar-refractivity contribution in [2.24, 2.45) is 0 Å². The monoisotopic (exact) mass is 459 g/mol. The fraction of sp³-hybridized carbons (Fsp3) is 0.211. The van der Waals surface area contributed by atoms with Crippen molar-refractivity contribution >= 4 is 69.3 Å². The van der Waals surface area contributed by atoms with E-state index in [-0.39, 0.29) is 37.4 Å². The van der Waals surface area contributed by atoms with Crippen molar-refractivity contribution < 1.29 is 9.53 Å². The first-order valence-corrected chi connectivity index (χ1v) is 9.87. The number of nitrogens with zero attached hydrogens (tertiary/aromatic N) is 1. The quantitative estimate of drug-likeness (QED) is 0.511. The zero-order chi connectivity index (χ0) is 20.4. The number of carbonyl (C=O) groups excluding carboxylic acids is 1. The summed E-state index contributed by atoms with van der Waals surface area (Å²) in [5.74, 6) is -0.175. The zero-order valence-electron chi connectivity index (χ0n) is 14.6. The first-order chi connectivity index (χ1) is 13.3. The lowest BCUT2D eigenvalue weighted by Gasteiger charge is -2.26. The molecule has 2 aromatic rings. The molecule has 0 aromatic heterocycles. The minimum Gasteiger partial charge on any atom is -0.396 e. The van der Waals surface area contributed by atoms with Crippen molar-refractivity contribution in [1.29, 1.82) is 0 Å². The molecule has 9 heteroatoms. The summed E-state index contributed by atoms with van der Waals surface area (Å²) in [6.07, 6.45) is 1.50. The van der Waals surface area contributed by atoms with Crippen LogP contribution in [-0.4, -0.2) is 37.1 Å². The molecule has 0 aliphatic carbocycles. The molecule has 0 unspecified atom stereocenters. The molecule has 0 bridgehead atoms. The predicted octanol–water partition coefficient (Wildman–Crippen LogP) is 4.76. The highest BCUT2D eigenvalue weighted by Gasteiger charge is 2.19. The number of ether oxygens (including phenoxy) is 1. The number of carbonyl (C=O) groups is 1. The third kappa shape index (κ3) is 4.50. The Bertz CT molecular complexity index is 851. The Balaban J connectivity index is 2.14. The maximum Gasteiger partial charge on any atom is 0.247 e. The molecule has 3 rings (SSSR count). The molecule has 2 aromatic carbocycles. The van der Waals surface area contributed by atoms with E-state index in [9.17, 15) is 4.79 Å². The van der Waals surface area contributed by atoms with E-state index < -0.39 is 0 Å². The van der Waals surface area contributed by atoms with Gasteiger partial charge >= 0.3 is 0 Å². The highest BCUT2D eigenvalue weighted by molar-refractivity contribution is 6.40. The number of hydrogen-bond acceptors (Lipinski definition) is 4. The fourth-order valence-electron chi connectivity index (χ4n) is 2.81. The van der Waals surface area contributed by atoms with E-state index in [2.05, 4.69) is 0 Å². The Morgan fingerprint density at radius 1 is 0.857 bits per heavy atom. The lowest BCUT2D eigenvalue weighted by atomic mass is 9.96. The van der Waals surface area contributed by atoms with Crippen LogP contribution in [0.15, 0.2) is 30.3 Å². The van der Waals surface area contributed by atoms with Crippen LogP contribution < -0.4 is 11.5 Å². The lowest BCUT2D eigenvalue weighted by Crippen LogP contribution is -2.39. The molecule has 1 aliphatic rings. The maximum absolute atomic E-state index is 12.8. The summed E-state index contributed by atoms with van der Waals surface area (Å²) in [4.78, 5) is 14.5. The molecule has 28 heavy (non-hydrogen) atoms. The standard InChI is InChI=1S/C19H17Cl4N3O2/c20-13-5-10(6-14(21)18(13)24)12(9-17(27)26-1-3-28-4-2-26)11-7-15(22)19(25)16(23)8-11/h5-9H,1-4,24-25H2. The normalized spacial score (nSPS) is 14.1. The van der Waals surface area contributed by atoms with Gasteiger partial charge in [-0.3, -0.25) is 4.79 Å². The molecule has 0 radical (unpaired) electrons. The van der Waals surface area contributed by atoms with Gasteiger partial charge in [0.2, 0.25) is 5.91 Å². The SMILES string of the molecule is Nc1c(Cl)cc(C(=CC(=O)N2CCOCC2)c2cc(Cl)c(N)c(Cl)c2)cc1Cl. The molecule has 1 amide bonds. The van der Waals surface area contributed by atoms with E-state index >= 15 is 0 Å². The molecule has 4 N–H and O–H groups in total. The summed E-state index contributed by atoms with van der Waals surface area (Å²) in [5, 5.41) is 1.11. The Kier molecular flexibility index (Phi) is 6.63. The summed E-state index contributed by atoms with van der Waals surface area (Å²) in [6.45, 7) is 2.01. The minimum atomic E-state index is -0.175. The van der Waals surface area contributed by atoms with Gasteiger partial charge in [-0.15, -0.1) is 0 Å². The highest BCUT2D eigenvalue weighted by atomic mass is 35.5. The Hall–Kier alpha value is -1.63. The first-order valence-electron chi connectivity index (χ1n) is 8.36. The smallest absolute Gasteiger partial charge is 0.247 e. The Morgan fingerprint density at radius 3 is 1.64 bits per heavy atom. The van der Waals surface area contributed by atoms with Crippen molar-refractivity contribution in [2.45, 2.75) is 0 Å². The largest absolute Gasteiger partial charge is 0.396 e. The van der Waals surface area contributed by atoms with Gasteiger partial charge in [-0.1, -0.05) is 46.4 Å². The summed E-state index contributed by atoms with van der Waals surface area (Å²) >= 11 is 24.8. The number of hydrogen-bond donors (Lipinski definition) is 2. The second kappa shape index (κ2) is 8.80. The molecule has 0 atom stereocenters. The number of rotatable bonds is 3. The van der Waals surface area contributed by atoms with E-state index in [0.29, 0.717) is 43.0 Å². The van der Waals surface area contributed by atoms with Crippen LogP contribution in [0.5, 0.6) is 0 Å². The minimum absolute atomic E-state index is 0.175. The molecule has 1 saturated heterocycles. The van der Waals surface area contributed by atoms with E-state index in [0.717, 1.165) is 0 Å². The summed E-state index contributed by atoms with van der Waals surface area (Å²) < 4.78 is 5.30. The molecule has 0 saturated carbocycles. The van der Waals surface area contributed by atoms with Crippen molar-refractivity contribution in [3.05, 3.63) is 61.6 Å².